The van der Waals surface area contributed by atoms with Crippen LogP contribution in [0, 0.1) is 5.92 Å². The summed E-state index contributed by atoms with van der Waals surface area (Å²) in [6, 6.07) is 10.7. The van der Waals surface area contributed by atoms with Gasteiger partial charge in [0.2, 0.25) is 5.88 Å². The number of rotatable bonds is 9. The van der Waals surface area contributed by atoms with Gasteiger partial charge in [0.1, 0.15) is 5.75 Å². The Bertz CT molecular complexity index is 833. The molecule has 2 amide bonds. The van der Waals surface area contributed by atoms with E-state index in [1.807, 2.05) is 24.3 Å². The van der Waals surface area contributed by atoms with Crippen molar-refractivity contribution in [2.24, 2.45) is 5.92 Å². The number of phenolic OH excluding ortho intramolecular Hbond substituents is 1. The lowest BCUT2D eigenvalue weighted by Gasteiger charge is -2.26. The summed E-state index contributed by atoms with van der Waals surface area (Å²) >= 11 is 0. The van der Waals surface area contributed by atoms with E-state index in [0.717, 1.165) is 31.6 Å². The molecule has 1 saturated carbocycles. The Morgan fingerprint density at radius 1 is 1.23 bits per heavy atom. The number of nitrogens with one attached hydrogen (secondary N) is 1. The maximum atomic E-state index is 12.9. The van der Waals surface area contributed by atoms with E-state index in [1.54, 1.807) is 23.2 Å². The fourth-order valence-electron chi connectivity index (χ4n) is 3.48. The summed E-state index contributed by atoms with van der Waals surface area (Å²) in [5.74, 6) is 1.50. The first-order valence-corrected chi connectivity index (χ1v) is 10.7. The van der Waals surface area contributed by atoms with Gasteiger partial charge in [-0.25, -0.2) is 9.78 Å². The summed E-state index contributed by atoms with van der Waals surface area (Å²) in [5.41, 5.74) is 1.62. The van der Waals surface area contributed by atoms with Gasteiger partial charge in [-0.15, -0.1) is 0 Å². The van der Waals surface area contributed by atoms with Gasteiger partial charge >= 0.3 is 6.03 Å². The van der Waals surface area contributed by atoms with Gasteiger partial charge in [-0.2, -0.15) is 0 Å². The molecule has 1 aliphatic carbocycles. The zero-order valence-electron chi connectivity index (χ0n) is 17.1. The van der Waals surface area contributed by atoms with Crippen molar-refractivity contribution in [3.63, 3.8) is 0 Å². The molecule has 1 aliphatic heterocycles. The molecule has 1 unspecified atom stereocenters. The molecular weight excluding hydrogens is 382 g/mol. The summed E-state index contributed by atoms with van der Waals surface area (Å²) in [4.78, 5) is 18.9. The van der Waals surface area contributed by atoms with Gasteiger partial charge in [-0.1, -0.05) is 24.3 Å². The van der Waals surface area contributed by atoms with Crippen LogP contribution in [0.2, 0.25) is 0 Å². The van der Waals surface area contributed by atoms with Crippen LogP contribution in [-0.2, 0) is 17.8 Å². The molecule has 160 valence electrons. The van der Waals surface area contributed by atoms with E-state index < -0.39 is 0 Å². The molecule has 0 spiro atoms. The van der Waals surface area contributed by atoms with Crippen molar-refractivity contribution in [1.82, 2.24) is 15.2 Å². The molecule has 30 heavy (non-hydrogen) atoms. The molecular formula is C23H29N3O4. The fraction of sp³-hybridized carbons (Fsp3) is 0.478. The van der Waals surface area contributed by atoms with Crippen LogP contribution in [0.3, 0.4) is 0 Å². The van der Waals surface area contributed by atoms with E-state index in [4.69, 9.17) is 9.47 Å². The van der Waals surface area contributed by atoms with E-state index in [1.165, 1.54) is 12.8 Å². The van der Waals surface area contributed by atoms with Crippen LogP contribution < -0.4 is 10.1 Å². The number of aromatic hydroxyl groups is 1. The average molecular weight is 412 g/mol. The number of pyridine rings is 1. The van der Waals surface area contributed by atoms with Crippen LogP contribution >= 0.6 is 0 Å². The standard InChI is InChI=1S/C23H29N3O4/c27-21-6-2-1-4-19(21)14-26(15-20-5-3-11-29-20)23(28)25-13-18-9-10-22(24-12-18)30-16-17-7-8-17/h1-2,4,6,9-10,12,17,20,27H,3,5,7-8,11,13-16H2,(H,25,28). The number of amides is 2. The number of para-hydroxylation sites is 1. The van der Waals surface area contributed by atoms with Gasteiger partial charge in [0.05, 0.1) is 19.3 Å². The first-order chi connectivity index (χ1) is 14.7. The van der Waals surface area contributed by atoms with Gasteiger partial charge in [0.25, 0.3) is 0 Å². The summed E-state index contributed by atoms with van der Waals surface area (Å²) in [7, 11) is 0. The Labute approximate surface area is 177 Å². The Hall–Kier alpha value is -2.80. The summed E-state index contributed by atoms with van der Waals surface area (Å²) in [6.07, 6.45) is 6.20. The largest absolute Gasteiger partial charge is 0.508 e. The van der Waals surface area contributed by atoms with Crippen molar-refractivity contribution in [1.29, 1.82) is 0 Å². The van der Waals surface area contributed by atoms with Crippen molar-refractivity contribution >= 4 is 6.03 Å². The highest BCUT2D eigenvalue weighted by Crippen LogP contribution is 2.29. The monoisotopic (exact) mass is 411 g/mol. The fourth-order valence-corrected chi connectivity index (χ4v) is 3.48. The zero-order valence-corrected chi connectivity index (χ0v) is 17.1. The van der Waals surface area contributed by atoms with Gasteiger partial charge in [-0.3, -0.25) is 0 Å². The lowest BCUT2D eigenvalue weighted by atomic mass is 10.1. The Balaban J connectivity index is 1.33. The van der Waals surface area contributed by atoms with E-state index in [-0.39, 0.29) is 17.9 Å². The van der Waals surface area contributed by atoms with Crippen molar-refractivity contribution in [2.75, 3.05) is 19.8 Å². The van der Waals surface area contributed by atoms with Crippen LogP contribution in [0.15, 0.2) is 42.6 Å². The molecule has 0 bridgehead atoms. The number of carbonyl (C=O) groups is 1. The lowest BCUT2D eigenvalue weighted by Crippen LogP contribution is -2.43. The number of hydrogen-bond donors (Lipinski definition) is 2. The zero-order chi connectivity index (χ0) is 20.8. The molecule has 2 heterocycles. The summed E-state index contributed by atoms with van der Waals surface area (Å²) < 4.78 is 11.4. The Morgan fingerprint density at radius 3 is 2.80 bits per heavy atom. The second kappa shape index (κ2) is 9.80. The van der Waals surface area contributed by atoms with Gasteiger partial charge in [0.15, 0.2) is 0 Å². The third-order valence-electron chi connectivity index (χ3n) is 5.49. The molecule has 2 aromatic rings. The molecule has 2 N–H and O–H groups in total. The van der Waals surface area contributed by atoms with Crippen LogP contribution in [-0.4, -0.2) is 46.9 Å². The van der Waals surface area contributed by atoms with Crippen molar-refractivity contribution in [3.8, 4) is 11.6 Å². The molecule has 1 saturated heterocycles. The van der Waals surface area contributed by atoms with Crippen LogP contribution in [0.1, 0.15) is 36.8 Å². The second-order valence-corrected chi connectivity index (χ2v) is 8.06. The third kappa shape index (κ3) is 5.86. The maximum absolute atomic E-state index is 12.9. The minimum absolute atomic E-state index is 0.0335. The van der Waals surface area contributed by atoms with E-state index in [2.05, 4.69) is 10.3 Å². The maximum Gasteiger partial charge on any atom is 0.318 e. The normalized spacial score (nSPS) is 18.2. The van der Waals surface area contributed by atoms with Gasteiger partial charge < -0.3 is 24.8 Å². The molecule has 7 heteroatoms. The number of ether oxygens (including phenoxy) is 2. The number of aromatic nitrogens is 1. The molecule has 7 nitrogen and oxygen atoms in total. The number of benzene rings is 1. The molecule has 2 aliphatic rings. The first-order valence-electron chi connectivity index (χ1n) is 10.7. The van der Waals surface area contributed by atoms with E-state index >= 15 is 0 Å². The highest BCUT2D eigenvalue weighted by Gasteiger charge is 2.24. The number of hydrogen-bond acceptors (Lipinski definition) is 5. The topological polar surface area (TPSA) is 83.9 Å². The number of carbonyl (C=O) groups excluding carboxylic acids is 1. The molecule has 2 fully saturated rings. The number of nitrogens with zero attached hydrogens (tertiary/aromatic N) is 2. The SMILES string of the molecule is O=C(NCc1ccc(OCC2CC2)nc1)N(Cc1ccccc1O)CC1CCCO1. The quantitative estimate of drug-likeness (QED) is 0.660. The first kappa shape index (κ1) is 20.5. The average Bonchev–Trinajstić information content (AvgIpc) is 3.46. The van der Waals surface area contributed by atoms with Crippen LogP contribution in [0.5, 0.6) is 11.6 Å². The molecule has 1 atom stereocenters. The van der Waals surface area contributed by atoms with E-state index in [9.17, 15) is 9.90 Å². The predicted molar refractivity (Wildman–Crippen MR) is 112 cm³/mol. The summed E-state index contributed by atoms with van der Waals surface area (Å²) in [6.45, 7) is 2.65. The van der Waals surface area contributed by atoms with Crippen molar-refractivity contribution in [3.05, 3.63) is 53.7 Å². The van der Waals surface area contributed by atoms with Gasteiger partial charge in [-0.05, 0) is 43.2 Å². The lowest BCUT2D eigenvalue weighted by molar-refractivity contribution is 0.0792. The van der Waals surface area contributed by atoms with Crippen LogP contribution in [0.25, 0.3) is 0 Å². The molecule has 1 aromatic heterocycles. The smallest absolute Gasteiger partial charge is 0.318 e. The highest BCUT2D eigenvalue weighted by atomic mass is 16.5. The van der Waals surface area contributed by atoms with E-state index in [0.29, 0.717) is 37.0 Å². The van der Waals surface area contributed by atoms with Crippen molar-refractivity contribution in [2.45, 2.75) is 44.9 Å². The van der Waals surface area contributed by atoms with Gasteiger partial charge in [0, 0.05) is 37.5 Å². The van der Waals surface area contributed by atoms with Crippen molar-refractivity contribution < 1.29 is 19.4 Å². The molecule has 0 radical (unpaired) electrons. The Morgan fingerprint density at radius 2 is 2.10 bits per heavy atom. The second-order valence-electron chi connectivity index (χ2n) is 8.06. The highest BCUT2D eigenvalue weighted by molar-refractivity contribution is 5.74. The number of phenols is 1. The summed E-state index contributed by atoms with van der Waals surface area (Å²) in [5, 5.41) is 13.1. The number of urea groups is 1. The van der Waals surface area contributed by atoms with Crippen LogP contribution in [0.4, 0.5) is 4.79 Å². The predicted octanol–water partition coefficient (Wildman–Crippen LogP) is 3.47. The minimum atomic E-state index is -0.192. The third-order valence-corrected chi connectivity index (χ3v) is 5.49. The Kier molecular flexibility index (Phi) is 6.69. The molecule has 1 aromatic carbocycles. The minimum Gasteiger partial charge on any atom is -0.508 e. The molecule has 4 rings (SSSR count).